The molecule has 9 heteroatoms. The molecule has 2 aliphatic heterocycles. The summed E-state index contributed by atoms with van der Waals surface area (Å²) in [6, 6.07) is 4.67. The minimum Gasteiger partial charge on any atom is -0.450 e. The molecule has 0 N–H and O–H groups in total. The maximum absolute atomic E-state index is 11.9. The Labute approximate surface area is 181 Å². The summed E-state index contributed by atoms with van der Waals surface area (Å²) in [5.74, 6) is 1.01. The van der Waals surface area contributed by atoms with Gasteiger partial charge in [-0.2, -0.15) is 8.75 Å². The van der Waals surface area contributed by atoms with Crippen LogP contribution in [0.2, 0.25) is 0 Å². The highest BCUT2D eigenvalue weighted by atomic mass is 32.1. The van der Waals surface area contributed by atoms with E-state index in [2.05, 4.69) is 29.6 Å². The van der Waals surface area contributed by atoms with Crippen molar-refractivity contribution in [2.45, 2.75) is 32.2 Å². The molecule has 1 aliphatic carbocycles. The largest absolute Gasteiger partial charge is 0.450 e. The molecule has 2 aromatic heterocycles. The molecule has 1 spiro atoms. The van der Waals surface area contributed by atoms with Gasteiger partial charge in [0.15, 0.2) is 0 Å². The molecule has 0 radical (unpaired) electrons. The zero-order chi connectivity index (χ0) is 20.6. The van der Waals surface area contributed by atoms with Crippen LogP contribution in [0.1, 0.15) is 26.2 Å². The number of aromatic nitrogens is 3. The van der Waals surface area contributed by atoms with Crippen molar-refractivity contribution in [2.24, 2.45) is 5.41 Å². The standard InChI is InChI=1S/C21H28N6O2S/c1-2-29-20(28)27-14-21(15-27)6-5-16(12-21)25-8-10-26(11-9-25)19-17(4-3-7-22-19)18-13-23-30-24-18/h3-4,7,13,16H,2,5-6,8-12,14-15H2,1H3. The number of amides is 1. The molecule has 8 nitrogen and oxygen atoms in total. The molecule has 3 aliphatic rings. The number of carbonyl (C=O) groups excluding carboxylic acids is 1. The molecule has 5 rings (SSSR count). The zero-order valence-electron chi connectivity index (χ0n) is 17.4. The molecular weight excluding hydrogens is 400 g/mol. The highest BCUT2D eigenvalue weighted by molar-refractivity contribution is 6.99. The number of rotatable bonds is 4. The Hall–Kier alpha value is -2.26. The van der Waals surface area contributed by atoms with Gasteiger partial charge < -0.3 is 14.5 Å². The second-order valence-electron chi connectivity index (χ2n) is 8.64. The van der Waals surface area contributed by atoms with Gasteiger partial charge in [0.2, 0.25) is 0 Å². The van der Waals surface area contributed by atoms with Crippen molar-refractivity contribution < 1.29 is 9.53 Å². The van der Waals surface area contributed by atoms with Gasteiger partial charge >= 0.3 is 6.09 Å². The maximum Gasteiger partial charge on any atom is 0.409 e. The summed E-state index contributed by atoms with van der Waals surface area (Å²) >= 11 is 1.23. The van der Waals surface area contributed by atoms with Gasteiger partial charge in [-0.1, -0.05) is 0 Å². The molecule has 1 saturated carbocycles. The lowest BCUT2D eigenvalue weighted by Gasteiger charge is -2.48. The average Bonchev–Trinajstić information content (AvgIpc) is 3.43. The van der Waals surface area contributed by atoms with Crippen LogP contribution < -0.4 is 4.90 Å². The summed E-state index contributed by atoms with van der Waals surface area (Å²) in [5, 5.41) is 0. The van der Waals surface area contributed by atoms with Crippen LogP contribution in [-0.2, 0) is 4.74 Å². The molecule has 2 saturated heterocycles. The Balaban J connectivity index is 1.17. The molecule has 1 unspecified atom stereocenters. The second-order valence-corrected chi connectivity index (χ2v) is 9.20. The molecule has 3 fully saturated rings. The number of likely N-dealkylation sites (tertiary alicyclic amines) is 1. The highest BCUT2D eigenvalue weighted by Gasteiger charge is 2.51. The average molecular weight is 429 g/mol. The fourth-order valence-corrected chi connectivity index (χ4v) is 5.74. The molecule has 1 atom stereocenters. The molecular formula is C21H28N6O2S. The van der Waals surface area contributed by atoms with E-state index in [1.165, 1.54) is 31.0 Å². The molecule has 30 heavy (non-hydrogen) atoms. The number of nitrogens with zero attached hydrogens (tertiary/aromatic N) is 6. The van der Waals surface area contributed by atoms with E-state index in [4.69, 9.17) is 4.74 Å². The molecule has 4 heterocycles. The third-order valence-corrected chi connectivity index (χ3v) is 7.29. The fourth-order valence-electron chi connectivity index (χ4n) is 5.31. The van der Waals surface area contributed by atoms with Gasteiger partial charge in [-0.3, -0.25) is 4.90 Å². The van der Waals surface area contributed by atoms with E-state index in [0.29, 0.717) is 18.1 Å². The Bertz CT molecular complexity index is 877. The number of carbonyl (C=O) groups is 1. The molecule has 160 valence electrons. The Morgan fingerprint density at radius 3 is 2.87 bits per heavy atom. The molecule has 0 bridgehead atoms. The van der Waals surface area contributed by atoms with Crippen LogP contribution >= 0.6 is 11.7 Å². The lowest BCUT2D eigenvalue weighted by atomic mass is 9.78. The number of piperazine rings is 1. The third kappa shape index (κ3) is 3.65. The van der Waals surface area contributed by atoms with Crippen molar-refractivity contribution in [1.82, 2.24) is 23.5 Å². The minimum atomic E-state index is -0.151. The van der Waals surface area contributed by atoms with Gasteiger partial charge in [-0.05, 0) is 38.3 Å². The quantitative estimate of drug-likeness (QED) is 0.741. The van der Waals surface area contributed by atoms with E-state index in [9.17, 15) is 4.79 Å². The summed E-state index contributed by atoms with van der Waals surface area (Å²) in [6.07, 6.45) is 7.17. The van der Waals surface area contributed by atoms with Crippen molar-refractivity contribution >= 4 is 23.6 Å². The van der Waals surface area contributed by atoms with Gasteiger partial charge in [-0.25, -0.2) is 9.78 Å². The van der Waals surface area contributed by atoms with E-state index in [-0.39, 0.29) is 6.09 Å². The Kier molecular flexibility index (Phi) is 5.32. The summed E-state index contributed by atoms with van der Waals surface area (Å²) in [4.78, 5) is 23.4. The Morgan fingerprint density at radius 1 is 1.30 bits per heavy atom. The van der Waals surface area contributed by atoms with E-state index < -0.39 is 0 Å². The normalized spacial score (nSPS) is 23.6. The maximum atomic E-state index is 11.9. The van der Waals surface area contributed by atoms with Crippen LogP contribution in [0.4, 0.5) is 10.6 Å². The Morgan fingerprint density at radius 2 is 2.13 bits per heavy atom. The number of hydrogen-bond acceptors (Lipinski definition) is 8. The van der Waals surface area contributed by atoms with Crippen molar-refractivity contribution in [1.29, 1.82) is 0 Å². The minimum absolute atomic E-state index is 0.151. The first-order valence-electron chi connectivity index (χ1n) is 10.8. The monoisotopic (exact) mass is 428 g/mol. The van der Waals surface area contributed by atoms with Crippen molar-refractivity contribution in [3.8, 4) is 11.3 Å². The van der Waals surface area contributed by atoms with Crippen molar-refractivity contribution in [3.05, 3.63) is 24.5 Å². The summed E-state index contributed by atoms with van der Waals surface area (Å²) in [5.41, 5.74) is 2.29. The predicted octanol–water partition coefficient (Wildman–Crippen LogP) is 2.73. The van der Waals surface area contributed by atoms with Crippen molar-refractivity contribution in [3.63, 3.8) is 0 Å². The smallest absolute Gasteiger partial charge is 0.409 e. The third-order valence-electron chi connectivity index (χ3n) is 6.81. The van der Waals surface area contributed by atoms with Gasteiger partial charge in [0, 0.05) is 62.5 Å². The highest BCUT2D eigenvalue weighted by Crippen LogP contribution is 2.47. The van der Waals surface area contributed by atoms with Gasteiger partial charge in [-0.15, -0.1) is 0 Å². The van der Waals surface area contributed by atoms with E-state index >= 15 is 0 Å². The van der Waals surface area contributed by atoms with Crippen LogP contribution in [0.3, 0.4) is 0 Å². The van der Waals surface area contributed by atoms with Gasteiger partial charge in [0.1, 0.15) is 11.5 Å². The summed E-state index contributed by atoms with van der Waals surface area (Å²) in [6.45, 7) is 8.08. The topological polar surface area (TPSA) is 74.7 Å². The first-order valence-corrected chi connectivity index (χ1v) is 11.5. The van der Waals surface area contributed by atoms with Gasteiger partial charge in [0.05, 0.1) is 24.5 Å². The van der Waals surface area contributed by atoms with Crippen LogP contribution in [-0.4, -0.2) is 81.5 Å². The summed E-state index contributed by atoms with van der Waals surface area (Å²) in [7, 11) is 0. The molecule has 2 aromatic rings. The number of pyridine rings is 1. The predicted molar refractivity (Wildman–Crippen MR) is 116 cm³/mol. The zero-order valence-corrected chi connectivity index (χ0v) is 18.2. The number of anilines is 1. The number of ether oxygens (including phenoxy) is 1. The first kappa shape index (κ1) is 19.7. The lowest BCUT2D eigenvalue weighted by molar-refractivity contribution is -0.00294. The van der Waals surface area contributed by atoms with E-state index in [0.717, 1.165) is 56.3 Å². The second kappa shape index (κ2) is 8.11. The van der Waals surface area contributed by atoms with Crippen LogP contribution in [0.25, 0.3) is 11.3 Å². The first-order chi connectivity index (χ1) is 14.7. The lowest BCUT2D eigenvalue weighted by Crippen LogP contribution is -2.58. The number of hydrogen-bond donors (Lipinski definition) is 0. The van der Waals surface area contributed by atoms with Crippen LogP contribution in [0.15, 0.2) is 24.5 Å². The molecule has 1 amide bonds. The van der Waals surface area contributed by atoms with Crippen LogP contribution in [0, 0.1) is 5.41 Å². The van der Waals surface area contributed by atoms with Crippen LogP contribution in [0.5, 0.6) is 0 Å². The summed E-state index contributed by atoms with van der Waals surface area (Å²) < 4.78 is 13.7. The SMILES string of the molecule is CCOC(=O)N1CC2(CCC(N3CCN(c4ncccc4-c4cnsn4)CC3)C2)C1. The van der Waals surface area contributed by atoms with Crippen molar-refractivity contribution in [2.75, 3.05) is 50.8 Å². The van der Waals surface area contributed by atoms with E-state index in [1.807, 2.05) is 30.3 Å². The van der Waals surface area contributed by atoms with Gasteiger partial charge in [0.25, 0.3) is 0 Å². The molecule has 0 aromatic carbocycles. The van der Waals surface area contributed by atoms with E-state index in [1.54, 1.807) is 0 Å². The fraction of sp³-hybridized carbons (Fsp3) is 0.619.